The van der Waals surface area contributed by atoms with Crippen molar-refractivity contribution >= 4 is 11.8 Å². The van der Waals surface area contributed by atoms with Gasteiger partial charge >= 0.3 is 6.09 Å². The van der Waals surface area contributed by atoms with E-state index in [2.05, 4.69) is 0 Å². The fourth-order valence-corrected chi connectivity index (χ4v) is 2.35. The molecule has 0 fully saturated rings. The Morgan fingerprint density at radius 1 is 1.33 bits per heavy atom. The highest BCUT2D eigenvalue weighted by atomic mass is 16.6. The second-order valence-corrected chi connectivity index (χ2v) is 6.64. The molecule has 1 N–H and O–H groups in total. The number of benzene rings is 1. The Kier molecular flexibility index (Phi) is 6.57. The first-order valence-corrected chi connectivity index (χ1v) is 8.04. The standard InChI is InChI=1S/C17H26N2O5/c1-6-13(7-2)24-14-8-9-15(19(22)23)12(10-14)11-18(16(20)21)17(3,4)5/h8-10,13H,6-7,11H2,1-5H3,(H,20,21). The van der Waals surface area contributed by atoms with Gasteiger partial charge in [0.25, 0.3) is 5.69 Å². The first kappa shape index (κ1) is 19.7. The van der Waals surface area contributed by atoms with Crippen LogP contribution in [0.1, 0.15) is 53.0 Å². The van der Waals surface area contributed by atoms with Crippen LogP contribution >= 0.6 is 0 Å². The van der Waals surface area contributed by atoms with Crippen molar-refractivity contribution in [1.29, 1.82) is 0 Å². The van der Waals surface area contributed by atoms with Crippen LogP contribution in [0.3, 0.4) is 0 Å². The highest BCUT2D eigenvalue weighted by Crippen LogP contribution is 2.28. The molecule has 24 heavy (non-hydrogen) atoms. The fraction of sp³-hybridized carbons (Fsp3) is 0.588. The number of ether oxygens (including phenoxy) is 1. The van der Waals surface area contributed by atoms with Crippen molar-refractivity contribution < 1.29 is 19.6 Å². The molecule has 0 aliphatic heterocycles. The van der Waals surface area contributed by atoms with Gasteiger partial charge in [0.1, 0.15) is 5.75 Å². The van der Waals surface area contributed by atoms with Gasteiger partial charge in [-0.15, -0.1) is 0 Å². The molecule has 134 valence electrons. The van der Waals surface area contributed by atoms with Crippen LogP contribution in [0, 0.1) is 10.1 Å². The molecule has 0 spiro atoms. The second kappa shape index (κ2) is 7.99. The molecule has 0 aliphatic carbocycles. The molecule has 0 saturated heterocycles. The average molecular weight is 338 g/mol. The summed E-state index contributed by atoms with van der Waals surface area (Å²) in [5, 5.41) is 20.7. The van der Waals surface area contributed by atoms with E-state index in [9.17, 15) is 20.0 Å². The molecule has 0 aliphatic rings. The third kappa shape index (κ3) is 5.11. The lowest BCUT2D eigenvalue weighted by Gasteiger charge is -2.33. The SMILES string of the molecule is CCC(CC)Oc1ccc([N+](=O)[O-])c(CN(C(=O)O)C(C)(C)C)c1. The van der Waals surface area contributed by atoms with E-state index >= 15 is 0 Å². The van der Waals surface area contributed by atoms with Gasteiger partial charge in [0, 0.05) is 11.6 Å². The zero-order chi connectivity index (χ0) is 18.5. The van der Waals surface area contributed by atoms with Crippen molar-refractivity contribution in [2.75, 3.05) is 0 Å². The van der Waals surface area contributed by atoms with Crippen molar-refractivity contribution in [3.8, 4) is 5.75 Å². The maximum Gasteiger partial charge on any atom is 0.408 e. The van der Waals surface area contributed by atoms with Gasteiger partial charge < -0.3 is 9.84 Å². The number of nitro groups is 1. The first-order valence-electron chi connectivity index (χ1n) is 8.04. The minimum Gasteiger partial charge on any atom is -0.490 e. The van der Waals surface area contributed by atoms with Crippen LogP contribution in [-0.2, 0) is 6.54 Å². The molecule has 0 unspecified atom stereocenters. The minimum absolute atomic E-state index is 0.0255. The van der Waals surface area contributed by atoms with E-state index < -0.39 is 16.6 Å². The molecule has 0 bridgehead atoms. The first-order chi connectivity index (χ1) is 11.1. The molecule has 7 heteroatoms. The average Bonchev–Trinajstić information content (AvgIpc) is 2.48. The van der Waals surface area contributed by atoms with Crippen molar-refractivity contribution in [2.24, 2.45) is 0 Å². The number of nitrogens with zero attached hydrogens (tertiary/aromatic N) is 2. The summed E-state index contributed by atoms with van der Waals surface area (Å²) in [5.41, 5.74) is -0.463. The number of amides is 1. The van der Waals surface area contributed by atoms with Crippen LogP contribution < -0.4 is 4.74 Å². The fourth-order valence-electron chi connectivity index (χ4n) is 2.35. The number of rotatable bonds is 7. The Morgan fingerprint density at radius 2 is 1.92 bits per heavy atom. The van der Waals surface area contributed by atoms with E-state index in [1.165, 1.54) is 11.0 Å². The number of hydrogen-bond donors (Lipinski definition) is 1. The topological polar surface area (TPSA) is 92.9 Å². The lowest BCUT2D eigenvalue weighted by atomic mass is 10.0. The molecular formula is C17H26N2O5. The molecule has 1 aromatic carbocycles. The predicted molar refractivity (Wildman–Crippen MR) is 91.4 cm³/mol. The van der Waals surface area contributed by atoms with E-state index in [1.54, 1.807) is 32.9 Å². The zero-order valence-electron chi connectivity index (χ0n) is 14.9. The predicted octanol–water partition coefficient (Wildman–Crippen LogP) is 4.44. The molecule has 1 aromatic rings. The van der Waals surface area contributed by atoms with Gasteiger partial charge in [-0.05, 0) is 45.7 Å². The largest absolute Gasteiger partial charge is 0.490 e. The zero-order valence-corrected chi connectivity index (χ0v) is 14.9. The van der Waals surface area contributed by atoms with Crippen molar-refractivity contribution in [3.63, 3.8) is 0 Å². The van der Waals surface area contributed by atoms with Crippen molar-refractivity contribution in [1.82, 2.24) is 4.90 Å². The molecule has 0 heterocycles. The van der Waals surface area contributed by atoms with Gasteiger partial charge in [0.05, 0.1) is 23.1 Å². The third-order valence-corrected chi connectivity index (χ3v) is 3.83. The summed E-state index contributed by atoms with van der Waals surface area (Å²) >= 11 is 0. The summed E-state index contributed by atoms with van der Waals surface area (Å²) in [6.07, 6.45) is 0.554. The smallest absolute Gasteiger partial charge is 0.408 e. The maximum atomic E-state index is 11.5. The summed E-state index contributed by atoms with van der Waals surface area (Å²) < 4.78 is 5.83. The van der Waals surface area contributed by atoms with E-state index in [0.29, 0.717) is 11.3 Å². The van der Waals surface area contributed by atoms with E-state index in [1.807, 2.05) is 13.8 Å². The van der Waals surface area contributed by atoms with Crippen molar-refractivity contribution in [2.45, 2.75) is 65.6 Å². The van der Waals surface area contributed by atoms with Gasteiger partial charge in [-0.25, -0.2) is 4.79 Å². The molecule has 0 aromatic heterocycles. The molecule has 0 radical (unpaired) electrons. The summed E-state index contributed by atoms with van der Waals surface area (Å²) in [6.45, 7) is 9.18. The Hall–Kier alpha value is -2.31. The molecule has 7 nitrogen and oxygen atoms in total. The summed E-state index contributed by atoms with van der Waals surface area (Å²) in [5.74, 6) is 0.517. The van der Waals surface area contributed by atoms with Gasteiger partial charge in [0.15, 0.2) is 0 Å². The maximum absolute atomic E-state index is 11.5. The van der Waals surface area contributed by atoms with Gasteiger partial charge in [-0.2, -0.15) is 0 Å². The van der Waals surface area contributed by atoms with Crippen LogP contribution in [0.15, 0.2) is 18.2 Å². The summed E-state index contributed by atoms with van der Waals surface area (Å²) in [4.78, 5) is 23.5. The van der Waals surface area contributed by atoms with Crippen LogP contribution in [0.25, 0.3) is 0 Å². The summed E-state index contributed by atoms with van der Waals surface area (Å²) in [6, 6.07) is 4.50. The summed E-state index contributed by atoms with van der Waals surface area (Å²) in [7, 11) is 0. The number of hydrogen-bond acceptors (Lipinski definition) is 4. The second-order valence-electron chi connectivity index (χ2n) is 6.64. The van der Waals surface area contributed by atoms with E-state index in [-0.39, 0.29) is 18.3 Å². The Bertz CT molecular complexity index is 591. The number of carboxylic acid groups (broad SMARTS) is 1. The minimum atomic E-state index is -1.12. The monoisotopic (exact) mass is 338 g/mol. The third-order valence-electron chi connectivity index (χ3n) is 3.83. The molecular weight excluding hydrogens is 312 g/mol. The van der Waals surface area contributed by atoms with Gasteiger partial charge in [-0.1, -0.05) is 13.8 Å². The molecule has 0 saturated carbocycles. The Balaban J connectivity index is 3.22. The molecule has 1 amide bonds. The number of carbonyl (C=O) groups is 1. The highest BCUT2D eigenvalue weighted by molar-refractivity contribution is 5.66. The number of nitro benzene ring substituents is 1. The van der Waals surface area contributed by atoms with E-state index in [0.717, 1.165) is 12.8 Å². The van der Waals surface area contributed by atoms with Gasteiger partial charge in [-0.3, -0.25) is 15.0 Å². The van der Waals surface area contributed by atoms with Crippen LogP contribution in [0.5, 0.6) is 5.75 Å². The lowest BCUT2D eigenvalue weighted by molar-refractivity contribution is -0.385. The normalized spacial score (nSPS) is 11.4. The van der Waals surface area contributed by atoms with Crippen LogP contribution in [0.2, 0.25) is 0 Å². The Morgan fingerprint density at radius 3 is 2.33 bits per heavy atom. The highest BCUT2D eigenvalue weighted by Gasteiger charge is 2.29. The lowest BCUT2D eigenvalue weighted by Crippen LogP contribution is -2.44. The molecule has 1 rings (SSSR count). The van der Waals surface area contributed by atoms with E-state index in [4.69, 9.17) is 4.74 Å². The molecule has 0 atom stereocenters. The Labute approximate surface area is 142 Å². The van der Waals surface area contributed by atoms with Crippen molar-refractivity contribution in [3.05, 3.63) is 33.9 Å². The quantitative estimate of drug-likeness (QED) is 0.586. The van der Waals surface area contributed by atoms with Crippen LogP contribution in [-0.4, -0.2) is 32.7 Å². The van der Waals surface area contributed by atoms with Gasteiger partial charge in [0.2, 0.25) is 0 Å². The van der Waals surface area contributed by atoms with Crippen LogP contribution in [0.4, 0.5) is 10.5 Å².